The highest BCUT2D eigenvalue weighted by Crippen LogP contribution is 2.15. The highest BCUT2D eigenvalue weighted by atomic mass is 16.1. The molecule has 3 rings (SSSR count). The monoisotopic (exact) mass is 384 g/mol. The molecule has 8 heteroatoms. The van der Waals surface area contributed by atoms with Crippen LogP contribution in [0.3, 0.4) is 0 Å². The summed E-state index contributed by atoms with van der Waals surface area (Å²) in [4.78, 5) is 33.4. The number of benzene rings is 2. The highest BCUT2D eigenvalue weighted by molar-refractivity contribution is 5.81. The maximum atomic E-state index is 8.35. The lowest BCUT2D eigenvalue weighted by molar-refractivity contribution is 0.504. The summed E-state index contributed by atoms with van der Waals surface area (Å²) in [5.74, 6) is 0. The lowest BCUT2D eigenvalue weighted by Gasteiger charge is -2.05. The fourth-order valence-electron chi connectivity index (χ4n) is 2.19. The summed E-state index contributed by atoms with van der Waals surface area (Å²) in [5.41, 5.74) is 0. The van der Waals surface area contributed by atoms with E-state index < -0.39 is 0 Å². The van der Waals surface area contributed by atoms with Crippen LogP contribution in [-0.4, -0.2) is 24.3 Å². The predicted octanol–water partition coefficient (Wildman–Crippen LogP) is 4.78. The molecule has 0 bridgehead atoms. The van der Waals surface area contributed by atoms with Crippen molar-refractivity contribution in [3.63, 3.8) is 0 Å². The molecular weight excluding hydrogens is 360 g/mol. The van der Waals surface area contributed by atoms with Gasteiger partial charge >= 0.3 is 0 Å². The topological polar surface area (TPSA) is 164 Å². The smallest absolute Gasteiger partial charge is 0.222 e. The Morgan fingerprint density at radius 2 is 0.607 bits per heavy atom. The normalized spacial score (nSPS) is 9.86. The molecule has 0 radical (unpaired) electrons. The van der Waals surface area contributed by atoms with Gasteiger partial charge in [0.25, 0.3) is 0 Å². The Morgan fingerprint density at radius 3 is 0.750 bits per heavy atom. The molecule has 28 heavy (non-hydrogen) atoms. The third kappa shape index (κ3) is 24.5. The van der Waals surface area contributed by atoms with E-state index in [-0.39, 0.29) is 0 Å². The number of hydrogen-bond acceptors (Lipinski definition) is 8. The van der Waals surface area contributed by atoms with E-state index in [1.165, 1.54) is 49.3 Å². The average molecular weight is 384 g/mol. The molecule has 0 spiro atoms. The van der Waals surface area contributed by atoms with Crippen LogP contribution < -0.4 is 0 Å². The second-order valence-electron chi connectivity index (χ2n) is 4.88. The summed E-state index contributed by atoms with van der Waals surface area (Å²) < 4.78 is 0. The molecule has 1 aliphatic carbocycles. The van der Waals surface area contributed by atoms with Gasteiger partial charge in [0.1, 0.15) is 0 Å². The molecule has 4 N–H and O–H groups in total. The molecule has 148 valence electrons. The zero-order chi connectivity index (χ0) is 21.9. The van der Waals surface area contributed by atoms with Crippen LogP contribution in [0.1, 0.15) is 38.5 Å². The number of fused-ring (bicyclic) bond motifs is 1. The van der Waals surface area contributed by atoms with Crippen molar-refractivity contribution in [2.75, 3.05) is 0 Å². The van der Waals surface area contributed by atoms with Crippen LogP contribution in [0, 0.1) is 21.6 Å². The Balaban J connectivity index is -0.000000301. The van der Waals surface area contributed by atoms with E-state index in [4.69, 9.17) is 40.8 Å². The van der Waals surface area contributed by atoms with Gasteiger partial charge in [0.2, 0.25) is 24.3 Å². The maximum absolute atomic E-state index is 8.35. The first-order chi connectivity index (χ1) is 13.6. The van der Waals surface area contributed by atoms with Crippen molar-refractivity contribution in [3.05, 3.63) is 48.5 Å². The molecule has 0 aliphatic heterocycles. The molecule has 1 aliphatic rings. The molecule has 0 saturated heterocycles. The van der Waals surface area contributed by atoms with Gasteiger partial charge in [-0.15, -0.1) is 0 Å². The zero-order valence-electron chi connectivity index (χ0n) is 15.5. The highest BCUT2D eigenvalue weighted by Gasteiger charge is 1.95. The van der Waals surface area contributed by atoms with Crippen LogP contribution in [0.4, 0.5) is 0 Å². The van der Waals surface area contributed by atoms with E-state index in [2.05, 4.69) is 48.5 Å². The lowest BCUT2D eigenvalue weighted by atomic mass is 10.0. The van der Waals surface area contributed by atoms with Gasteiger partial charge < -0.3 is 0 Å². The second-order valence-corrected chi connectivity index (χ2v) is 4.88. The minimum Gasteiger partial charge on any atom is -0.222 e. The third-order valence-corrected chi connectivity index (χ3v) is 3.16. The van der Waals surface area contributed by atoms with Crippen molar-refractivity contribution in [2.45, 2.75) is 38.5 Å². The third-order valence-electron chi connectivity index (χ3n) is 3.16. The Morgan fingerprint density at radius 1 is 0.464 bits per heavy atom. The largest absolute Gasteiger partial charge is 0.231 e. The summed E-state index contributed by atoms with van der Waals surface area (Å²) in [6.45, 7) is 0. The summed E-state index contributed by atoms with van der Waals surface area (Å²) in [5, 5.41) is 24.2. The molecule has 0 amide bonds. The first kappa shape index (κ1) is 29.0. The lowest BCUT2D eigenvalue weighted by Crippen LogP contribution is -1.85. The van der Waals surface area contributed by atoms with Gasteiger partial charge in [0.05, 0.1) is 0 Å². The van der Waals surface area contributed by atoms with Gasteiger partial charge in [-0.2, -0.15) is 0 Å². The number of rotatable bonds is 0. The van der Waals surface area contributed by atoms with Crippen molar-refractivity contribution in [3.8, 4) is 0 Å². The standard InChI is InChI=1S/C10H8.C6H12.4CHNO/c1-2-6-10-8-4-3-7-9(10)5-1;1-2-4-6-5-3-1;4*2-1-3/h1-8H;1-6H2;4*2H. The van der Waals surface area contributed by atoms with Crippen LogP contribution in [0.25, 0.3) is 10.8 Å². The van der Waals surface area contributed by atoms with Crippen LogP contribution >= 0.6 is 0 Å². The quantitative estimate of drug-likeness (QED) is 0.379. The first-order valence-corrected chi connectivity index (χ1v) is 8.22. The Kier molecular flexibility index (Phi) is 29.0. The average Bonchev–Trinajstić information content (AvgIpc) is 2.72. The molecule has 1 saturated carbocycles. The van der Waals surface area contributed by atoms with Crippen LogP contribution in [0.5, 0.6) is 0 Å². The van der Waals surface area contributed by atoms with Crippen molar-refractivity contribution >= 4 is 35.1 Å². The van der Waals surface area contributed by atoms with Crippen molar-refractivity contribution in [1.82, 2.24) is 0 Å². The van der Waals surface area contributed by atoms with Gasteiger partial charge in [-0.3, -0.25) is 0 Å². The fourth-order valence-corrected chi connectivity index (χ4v) is 2.19. The Labute approximate surface area is 163 Å². The second kappa shape index (κ2) is 28.0. The number of hydrogen-bond donors (Lipinski definition) is 4. The zero-order valence-corrected chi connectivity index (χ0v) is 15.5. The fraction of sp³-hybridized carbons (Fsp3) is 0.300. The van der Waals surface area contributed by atoms with Crippen molar-refractivity contribution in [2.24, 2.45) is 0 Å². The molecule has 0 atom stereocenters. The number of carbonyl (C=O) groups excluding carboxylic acids is 4. The number of isocyanates is 4. The molecule has 2 aromatic rings. The molecule has 0 aromatic heterocycles. The van der Waals surface area contributed by atoms with E-state index in [1.807, 2.05) is 0 Å². The van der Waals surface area contributed by atoms with Gasteiger partial charge in [0.15, 0.2) is 0 Å². The minimum absolute atomic E-state index is 0.750. The van der Waals surface area contributed by atoms with Gasteiger partial charge in [0, 0.05) is 0 Å². The first-order valence-electron chi connectivity index (χ1n) is 8.22. The molecule has 0 unspecified atom stereocenters. The van der Waals surface area contributed by atoms with Gasteiger partial charge in [-0.1, -0.05) is 87.1 Å². The Hall–Kier alpha value is -3.78. The molecular formula is C20H24N4O4. The maximum Gasteiger partial charge on any atom is 0.231 e. The van der Waals surface area contributed by atoms with Crippen molar-refractivity contribution in [1.29, 1.82) is 21.6 Å². The van der Waals surface area contributed by atoms with Crippen LogP contribution in [0.2, 0.25) is 0 Å². The SMILES string of the molecule is C1CCCCC1.N=C=O.N=C=O.N=C=O.N=C=O.c1ccc2ccccc2c1. The summed E-state index contributed by atoms with van der Waals surface area (Å²) in [7, 11) is 0. The van der Waals surface area contributed by atoms with Crippen LogP contribution in [0.15, 0.2) is 48.5 Å². The van der Waals surface area contributed by atoms with Crippen molar-refractivity contribution < 1.29 is 19.2 Å². The summed E-state index contributed by atoms with van der Waals surface area (Å²) in [6, 6.07) is 16.7. The molecule has 8 nitrogen and oxygen atoms in total. The van der Waals surface area contributed by atoms with E-state index in [0.29, 0.717) is 0 Å². The van der Waals surface area contributed by atoms with E-state index >= 15 is 0 Å². The van der Waals surface area contributed by atoms with E-state index in [9.17, 15) is 0 Å². The summed E-state index contributed by atoms with van der Waals surface area (Å²) >= 11 is 0. The Bertz CT molecular complexity index is 625. The minimum atomic E-state index is 0.750. The summed E-state index contributed by atoms with van der Waals surface area (Å²) in [6.07, 6.45) is 12.0. The van der Waals surface area contributed by atoms with Gasteiger partial charge in [-0.25, -0.2) is 40.8 Å². The number of nitrogens with one attached hydrogen (secondary N) is 4. The predicted molar refractivity (Wildman–Crippen MR) is 105 cm³/mol. The van der Waals surface area contributed by atoms with E-state index in [1.54, 1.807) is 0 Å². The molecule has 0 heterocycles. The van der Waals surface area contributed by atoms with Gasteiger partial charge in [-0.05, 0) is 10.8 Å². The molecule has 2 aromatic carbocycles. The van der Waals surface area contributed by atoms with Crippen LogP contribution in [-0.2, 0) is 19.2 Å². The molecule has 1 fully saturated rings. The van der Waals surface area contributed by atoms with E-state index in [0.717, 1.165) is 24.3 Å².